The van der Waals surface area contributed by atoms with E-state index in [1.807, 2.05) is 37.3 Å². The minimum Gasteiger partial charge on any atom is -0.489 e. The molecular formula is C23H36O2. The fourth-order valence-electron chi connectivity index (χ4n) is 3.09. The first-order valence-corrected chi connectivity index (χ1v) is 10.1. The summed E-state index contributed by atoms with van der Waals surface area (Å²) in [6.45, 7) is 8.00. The Morgan fingerprint density at radius 2 is 1.68 bits per heavy atom. The lowest BCUT2D eigenvalue weighted by molar-refractivity contribution is 0.0980. The quantitative estimate of drug-likeness (QED) is 0.192. The van der Waals surface area contributed by atoms with Gasteiger partial charge in [0.05, 0.1) is 5.56 Å². The highest BCUT2D eigenvalue weighted by atomic mass is 16.5. The SMILES string of the molecule is C=CCC(CCCCCCCCCC)Oc1ccccc1C(=O)CC. The van der Waals surface area contributed by atoms with Crippen molar-refractivity contribution in [1.82, 2.24) is 0 Å². The smallest absolute Gasteiger partial charge is 0.166 e. The van der Waals surface area contributed by atoms with Crippen LogP contribution in [0.5, 0.6) is 5.75 Å². The molecule has 140 valence electrons. The highest BCUT2D eigenvalue weighted by molar-refractivity contribution is 5.98. The molecule has 0 aliphatic rings. The molecule has 2 heteroatoms. The van der Waals surface area contributed by atoms with E-state index in [0.29, 0.717) is 12.0 Å². The van der Waals surface area contributed by atoms with Gasteiger partial charge in [0.15, 0.2) is 5.78 Å². The van der Waals surface area contributed by atoms with Crippen molar-refractivity contribution in [3.8, 4) is 5.75 Å². The summed E-state index contributed by atoms with van der Waals surface area (Å²) in [6, 6.07) is 7.61. The number of carbonyl (C=O) groups is 1. The lowest BCUT2D eigenvalue weighted by Gasteiger charge is -2.19. The summed E-state index contributed by atoms with van der Waals surface area (Å²) in [5.74, 6) is 0.862. The van der Waals surface area contributed by atoms with Crippen LogP contribution in [0, 0.1) is 0 Å². The zero-order valence-corrected chi connectivity index (χ0v) is 16.3. The molecule has 0 saturated carbocycles. The van der Waals surface area contributed by atoms with E-state index in [-0.39, 0.29) is 11.9 Å². The van der Waals surface area contributed by atoms with E-state index in [9.17, 15) is 4.79 Å². The Kier molecular flexibility index (Phi) is 11.8. The zero-order valence-electron chi connectivity index (χ0n) is 16.3. The van der Waals surface area contributed by atoms with Crippen molar-refractivity contribution in [3.05, 3.63) is 42.5 Å². The third-order valence-electron chi connectivity index (χ3n) is 4.61. The van der Waals surface area contributed by atoms with Crippen LogP contribution in [0.4, 0.5) is 0 Å². The molecule has 0 spiro atoms. The van der Waals surface area contributed by atoms with E-state index in [1.165, 1.54) is 51.4 Å². The van der Waals surface area contributed by atoms with Crippen molar-refractivity contribution >= 4 is 5.78 Å². The van der Waals surface area contributed by atoms with Crippen LogP contribution >= 0.6 is 0 Å². The van der Waals surface area contributed by atoms with Gasteiger partial charge in [-0.15, -0.1) is 6.58 Å². The van der Waals surface area contributed by atoms with Crippen LogP contribution in [0.3, 0.4) is 0 Å². The van der Waals surface area contributed by atoms with Crippen molar-refractivity contribution in [2.24, 2.45) is 0 Å². The summed E-state index contributed by atoms with van der Waals surface area (Å²) in [5.41, 5.74) is 0.704. The number of Topliss-reactive ketones (excluding diaryl/α,β-unsaturated/α-hetero) is 1. The molecule has 0 radical (unpaired) electrons. The van der Waals surface area contributed by atoms with Crippen molar-refractivity contribution in [2.75, 3.05) is 0 Å². The Balaban J connectivity index is 2.42. The molecule has 0 bridgehead atoms. The van der Waals surface area contributed by atoms with E-state index in [2.05, 4.69) is 13.5 Å². The maximum atomic E-state index is 12.1. The molecule has 0 N–H and O–H groups in total. The molecule has 25 heavy (non-hydrogen) atoms. The van der Waals surface area contributed by atoms with E-state index in [1.54, 1.807) is 0 Å². The summed E-state index contributed by atoms with van der Waals surface area (Å²) in [6.07, 6.45) is 14.9. The molecule has 0 fully saturated rings. The number of ketones is 1. The number of hydrogen-bond donors (Lipinski definition) is 0. The molecule has 1 rings (SSSR count). The number of unbranched alkanes of at least 4 members (excludes halogenated alkanes) is 7. The number of rotatable bonds is 15. The minimum absolute atomic E-state index is 0.114. The largest absolute Gasteiger partial charge is 0.489 e. The lowest BCUT2D eigenvalue weighted by atomic mass is 10.0. The van der Waals surface area contributed by atoms with E-state index < -0.39 is 0 Å². The van der Waals surface area contributed by atoms with Gasteiger partial charge in [-0.1, -0.05) is 77.0 Å². The molecule has 2 nitrogen and oxygen atoms in total. The molecule has 0 aliphatic heterocycles. The van der Waals surface area contributed by atoms with Gasteiger partial charge in [0.1, 0.15) is 11.9 Å². The van der Waals surface area contributed by atoms with Crippen LogP contribution in [-0.4, -0.2) is 11.9 Å². The maximum absolute atomic E-state index is 12.1. The van der Waals surface area contributed by atoms with Crippen molar-refractivity contribution in [3.63, 3.8) is 0 Å². The topological polar surface area (TPSA) is 26.3 Å². The molecule has 1 aromatic rings. The first kappa shape index (κ1) is 21.5. The highest BCUT2D eigenvalue weighted by Crippen LogP contribution is 2.24. The summed E-state index contributed by atoms with van der Waals surface area (Å²) in [4.78, 5) is 12.1. The Labute approximate surface area is 154 Å². The van der Waals surface area contributed by atoms with Gasteiger partial charge >= 0.3 is 0 Å². The third kappa shape index (κ3) is 8.90. The first-order chi connectivity index (χ1) is 12.2. The maximum Gasteiger partial charge on any atom is 0.166 e. The van der Waals surface area contributed by atoms with Crippen LogP contribution in [0.2, 0.25) is 0 Å². The molecular weight excluding hydrogens is 308 g/mol. The predicted molar refractivity (Wildman–Crippen MR) is 108 cm³/mol. The molecule has 1 atom stereocenters. The average Bonchev–Trinajstić information content (AvgIpc) is 2.63. The molecule has 0 heterocycles. The van der Waals surface area contributed by atoms with E-state index in [4.69, 9.17) is 4.74 Å². The van der Waals surface area contributed by atoms with Gasteiger partial charge in [-0.3, -0.25) is 4.79 Å². The van der Waals surface area contributed by atoms with E-state index >= 15 is 0 Å². The van der Waals surface area contributed by atoms with Gasteiger partial charge in [-0.25, -0.2) is 0 Å². The van der Waals surface area contributed by atoms with Crippen molar-refractivity contribution < 1.29 is 9.53 Å². The molecule has 0 saturated heterocycles. The average molecular weight is 345 g/mol. The second kappa shape index (κ2) is 13.7. The fourth-order valence-corrected chi connectivity index (χ4v) is 3.09. The Bertz CT molecular complexity index is 493. The van der Waals surface area contributed by atoms with Gasteiger partial charge < -0.3 is 4.74 Å². The lowest BCUT2D eigenvalue weighted by Crippen LogP contribution is -2.17. The molecule has 0 amide bonds. The monoisotopic (exact) mass is 344 g/mol. The molecule has 0 aliphatic carbocycles. The third-order valence-corrected chi connectivity index (χ3v) is 4.61. The van der Waals surface area contributed by atoms with Gasteiger partial charge in [0.25, 0.3) is 0 Å². The normalized spacial score (nSPS) is 11.9. The Hall–Kier alpha value is -1.57. The first-order valence-electron chi connectivity index (χ1n) is 10.1. The van der Waals surface area contributed by atoms with Crippen molar-refractivity contribution in [2.45, 2.75) is 90.6 Å². The Morgan fingerprint density at radius 1 is 1.04 bits per heavy atom. The van der Waals surface area contributed by atoms with Gasteiger partial charge in [0.2, 0.25) is 0 Å². The zero-order chi connectivity index (χ0) is 18.3. The van der Waals surface area contributed by atoms with E-state index in [0.717, 1.165) is 18.6 Å². The Morgan fingerprint density at radius 3 is 2.32 bits per heavy atom. The summed E-state index contributed by atoms with van der Waals surface area (Å²) in [7, 11) is 0. The van der Waals surface area contributed by atoms with Crippen LogP contribution in [-0.2, 0) is 0 Å². The molecule has 0 aromatic heterocycles. The standard InChI is InChI=1S/C23H36O2/c1-4-7-8-9-10-11-12-13-17-20(16-5-2)25-23-19-15-14-18-21(23)22(24)6-3/h5,14-15,18-20H,2,4,6-13,16-17H2,1,3H3. The number of benzene rings is 1. The van der Waals surface area contributed by atoms with Crippen LogP contribution in [0.1, 0.15) is 94.8 Å². The van der Waals surface area contributed by atoms with Gasteiger partial charge in [-0.2, -0.15) is 0 Å². The second-order valence-corrected chi connectivity index (χ2v) is 6.80. The van der Waals surface area contributed by atoms with Crippen LogP contribution in [0.25, 0.3) is 0 Å². The number of carbonyl (C=O) groups excluding carboxylic acids is 1. The van der Waals surface area contributed by atoms with Crippen molar-refractivity contribution in [1.29, 1.82) is 0 Å². The van der Waals surface area contributed by atoms with Crippen LogP contribution < -0.4 is 4.74 Å². The summed E-state index contributed by atoms with van der Waals surface area (Å²) in [5, 5.41) is 0. The molecule has 1 aromatic carbocycles. The van der Waals surface area contributed by atoms with Crippen LogP contribution in [0.15, 0.2) is 36.9 Å². The number of para-hydroxylation sites is 1. The summed E-state index contributed by atoms with van der Waals surface area (Å²) >= 11 is 0. The van der Waals surface area contributed by atoms with Gasteiger partial charge in [0, 0.05) is 12.8 Å². The highest BCUT2D eigenvalue weighted by Gasteiger charge is 2.14. The predicted octanol–water partition coefficient (Wildman–Crippen LogP) is 7.13. The number of ether oxygens (including phenoxy) is 1. The summed E-state index contributed by atoms with van der Waals surface area (Å²) < 4.78 is 6.18. The van der Waals surface area contributed by atoms with Gasteiger partial charge in [-0.05, 0) is 25.0 Å². The molecule has 1 unspecified atom stereocenters. The number of hydrogen-bond acceptors (Lipinski definition) is 2. The fraction of sp³-hybridized carbons (Fsp3) is 0.609. The minimum atomic E-state index is 0.114. The second-order valence-electron chi connectivity index (χ2n) is 6.80.